The van der Waals surface area contributed by atoms with Gasteiger partial charge in [0.15, 0.2) is 11.0 Å². The van der Waals surface area contributed by atoms with E-state index in [0.29, 0.717) is 5.56 Å². The monoisotopic (exact) mass is 406 g/mol. The number of nitrogens with zero attached hydrogens (tertiary/aromatic N) is 2. The van der Waals surface area contributed by atoms with Gasteiger partial charge in [0.05, 0.1) is 23.7 Å². The van der Waals surface area contributed by atoms with Gasteiger partial charge in [-0.05, 0) is 18.2 Å². The summed E-state index contributed by atoms with van der Waals surface area (Å²) in [5.41, 5.74) is 0.184. The summed E-state index contributed by atoms with van der Waals surface area (Å²) < 4.78 is 33.4. The number of morpholine rings is 1. The third-order valence-electron chi connectivity index (χ3n) is 3.82. The van der Waals surface area contributed by atoms with E-state index in [0.717, 1.165) is 0 Å². The number of carbonyl (C=O) groups is 1. The molecular formula is C16H11Cl3F2N2O2. The topological polar surface area (TPSA) is 42.4 Å². The molecule has 0 radical (unpaired) electrons. The first-order valence-corrected chi connectivity index (χ1v) is 8.37. The van der Waals surface area contributed by atoms with Crippen LogP contribution in [0.2, 0.25) is 15.2 Å². The van der Waals surface area contributed by atoms with Crippen LogP contribution in [0.15, 0.2) is 24.4 Å². The van der Waals surface area contributed by atoms with Crippen molar-refractivity contribution in [2.24, 2.45) is 0 Å². The van der Waals surface area contributed by atoms with Gasteiger partial charge in [-0.25, -0.2) is 13.8 Å². The molecule has 2 aromatic rings. The standard InChI is InChI=1S/C16H11Cl3F2N2O2/c17-10-6-11(18)12(20)5-9(10)13-7-23(3-4-25-13)16(24)8-1-2-22-15(19)14(8)21/h1-2,5-6,13H,3-4,7H2. The highest BCUT2D eigenvalue weighted by molar-refractivity contribution is 6.35. The number of aromatic nitrogens is 1. The van der Waals surface area contributed by atoms with Crippen molar-refractivity contribution in [3.8, 4) is 0 Å². The summed E-state index contributed by atoms with van der Waals surface area (Å²) in [6, 6.07) is 3.70. The van der Waals surface area contributed by atoms with Gasteiger partial charge in [0.25, 0.3) is 5.91 Å². The van der Waals surface area contributed by atoms with Crippen molar-refractivity contribution in [1.29, 1.82) is 0 Å². The third kappa shape index (κ3) is 3.72. The summed E-state index contributed by atoms with van der Waals surface area (Å²) >= 11 is 17.4. The van der Waals surface area contributed by atoms with Crippen molar-refractivity contribution < 1.29 is 18.3 Å². The van der Waals surface area contributed by atoms with E-state index in [-0.39, 0.29) is 40.5 Å². The molecule has 0 N–H and O–H groups in total. The highest BCUT2D eigenvalue weighted by Crippen LogP contribution is 2.33. The fraction of sp³-hybridized carbons (Fsp3) is 0.250. The number of amides is 1. The number of ether oxygens (including phenoxy) is 1. The maximum Gasteiger partial charge on any atom is 0.257 e. The van der Waals surface area contributed by atoms with Gasteiger partial charge >= 0.3 is 0 Å². The Balaban J connectivity index is 1.85. The highest BCUT2D eigenvalue weighted by Gasteiger charge is 2.29. The molecule has 1 aromatic heterocycles. The van der Waals surface area contributed by atoms with Gasteiger partial charge < -0.3 is 9.64 Å². The van der Waals surface area contributed by atoms with Crippen molar-refractivity contribution in [1.82, 2.24) is 9.88 Å². The lowest BCUT2D eigenvalue weighted by molar-refractivity contribution is -0.0230. The SMILES string of the molecule is O=C(c1ccnc(Cl)c1F)N1CCOC(c2cc(F)c(Cl)cc2Cl)C1. The zero-order chi connectivity index (χ0) is 18.1. The minimum atomic E-state index is -0.882. The van der Waals surface area contributed by atoms with Crippen molar-refractivity contribution in [2.75, 3.05) is 19.7 Å². The smallest absolute Gasteiger partial charge is 0.257 e. The molecule has 0 aliphatic carbocycles. The Labute approximate surface area is 157 Å². The molecular weight excluding hydrogens is 397 g/mol. The van der Waals surface area contributed by atoms with E-state index in [9.17, 15) is 13.6 Å². The first-order chi connectivity index (χ1) is 11.9. The maximum absolute atomic E-state index is 14.0. The summed E-state index contributed by atoms with van der Waals surface area (Å²) in [5.74, 6) is -2.08. The Morgan fingerprint density at radius 1 is 1.24 bits per heavy atom. The second kappa shape index (κ2) is 7.41. The Hall–Kier alpha value is -1.47. The lowest BCUT2D eigenvalue weighted by Crippen LogP contribution is -2.42. The Morgan fingerprint density at radius 2 is 2.00 bits per heavy atom. The van der Waals surface area contributed by atoms with Crippen LogP contribution in [0.25, 0.3) is 0 Å². The van der Waals surface area contributed by atoms with Crippen molar-refractivity contribution in [3.63, 3.8) is 0 Å². The van der Waals surface area contributed by atoms with Crippen LogP contribution in [-0.2, 0) is 4.74 Å². The van der Waals surface area contributed by atoms with Gasteiger partial charge in [-0.3, -0.25) is 4.79 Å². The number of carbonyl (C=O) groups excluding carboxylic acids is 1. The lowest BCUT2D eigenvalue weighted by atomic mass is 10.1. The molecule has 0 spiro atoms. The van der Waals surface area contributed by atoms with Gasteiger partial charge in [0, 0.05) is 23.3 Å². The summed E-state index contributed by atoms with van der Waals surface area (Å²) in [5, 5.41) is -0.256. The van der Waals surface area contributed by atoms with E-state index in [1.54, 1.807) is 0 Å². The molecule has 0 saturated carbocycles. The van der Waals surface area contributed by atoms with E-state index in [1.807, 2.05) is 0 Å². The van der Waals surface area contributed by atoms with Crippen molar-refractivity contribution >= 4 is 40.7 Å². The fourth-order valence-corrected chi connectivity index (χ4v) is 3.22. The molecule has 132 valence electrons. The fourth-order valence-electron chi connectivity index (χ4n) is 2.56. The summed E-state index contributed by atoms with van der Waals surface area (Å²) in [7, 11) is 0. The quantitative estimate of drug-likeness (QED) is 0.542. The average molecular weight is 408 g/mol. The Kier molecular flexibility index (Phi) is 5.43. The predicted molar refractivity (Wildman–Crippen MR) is 90.2 cm³/mol. The molecule has 25 heavy (non-hydrogen) atoms. The maximum atomic E-state index is 14.0. The highest BCUT2D eigenvalue weighted by atomic mass is 35.5. The second-order valence-electron chi connectivity index (χ2n) is 5.36. The first-order valence-electron chi connectivity index (χ1n) is 7.23. The summed E-state index contributed by atoms with van der Waals surface area (Å²) in [6.45, 7) is 0.527. The van der Waals surface area contributed by atoms with Crippen molar-refractivity contribution in [2.45, 2.75) is 6.10 Å². The van der Waals surface area contributed by atoms with Crippen LogP contribution in [0.5, 0.6) is 0 Å². The second-order valence-corrected chi connectivity index (χ2v) is 6.53. The van der Waals surface area contributed by atoms with Gasteiger partial charge in [-0.15, -0.1) is 0 Å². The molecule has 0 bridgehead atoms. The first kappa shape index (κ1) is 18.3. The van der Waals surface area contributed by atoms with Crippen LogP contribution >= 0.6 is 34.8 Å². The normalized spacial score (nSPS) is 17.6. The van der Waals surface area contributed by atoms with E-state index in [1.165, 1.54) is 29.3 Å². The summed E-state index contributed by atoms with van der Waals surface area (Å²) in [4.78, 5) is 17.5. The van der Waals surface area contributed by atoms with E-state index < -0.39 is 23.6 Å². The lowest BCUT2D eigenvalue weighted by Gasteiger charge is -2.33. The molecule has 1 aliphatic rings. The number of rotatable bonds is 2. The zero-order valence-electron chi connectivity index (χ0n) is 12.6. The molecule has 1 saturated heterocycles. The van der Waals surface area contributed by atoms with Gasteiger partial charge in [-0.2, -0.15) is 0 Å². The van der Waals surface area contributed by atoms with Gasteiger partial charge in [0.2, 0.25) is 0 Å². The largest absolute Gasteiger partial charge is 0.370 e. The van der Waals surface area contributed by atoms with Crippen LogP contribution in [0.1, 0.15) is 22.0 Å². The molecule has 1 aliphatic heterocycles. The number of halogens is 5. The molecule has 1 atom stereocenters. The number of hydrogen-bond donors (Lipinski definition) is 0. The van der Waals surface area contributed by atoms with Crippen LogP contribution in [0.4, 0.5) is 8.78 Å². The van der Waals surface area contributed by atoms with Gasteiger partial charge in [-0.1, -0.05) is 34.8 Å². The molecule has 4 nitrogen and oxygen atoms in total. The third-order valence-corrected chi connectivity index (χ3v) is 4.70. The molecule has 1 amide bonds. The minimum Gasteiger partial charge on any atom is -0.370 e. The molecule has 9 heteroatoms. The Morgan fingerprint density at radius 3 is 2.76 bits per heavy atom. The Bertz CT molecular complexity index is 835. The molecule has 1 fully saturated rings. The molecule has 2 heterocycles. The van der Waals surface area contributed by atoms with Crippen LogP contribution < -0.4 is 0 Å². The minimum absolute atomic E-state index is 0.0823. The van der Waals surface area contributed by atoms with Crippen LogP contribution in [0, 0.1) is 11.6 Å². The van der Waals surface area contributed by atoms with E-state index >= 15 is 0 Å². The van der Waals surface area contributed by atoms with Crippen LogP contribution in [-0.4, -0.2) is 35.5 Å². The number of pyridine rings is 1. The van der Waals surface area contributed by atoms with Gasteiger partial charge in [0.1, 0.15) is 11.9 Å². The number of benzene rings is 1. The average Bonchev–Trinajstić information content (AvgIpc) is 2.60. The molecule has 1 unspecified atom stereocenters. The van der Waals surface area contributed by atoms with E-state index in [4.69, 9.17) is 39.5 Å². The van der Waals surface area contributed by atoms with Crippen molar-refractivity contribution in [3.05, 3.63) is 62.4 Å². The predicted octanol–water partition coefficient (Wildman–Crippen LogP) is 4.53. The molecule has 1 aromatic carbocycles. The van der Waals surface area contributed by atoms with Crippen LogP contribution in [0.3, 0.4) is 0 Å². The zero-order valence-corrected chi connectivity index (χ0v) is 14.9. The van der Waals surface area contributed by atoms with E-state index in [2.05, 4.69) is 4.98 Å². The number of hydrogen-bond acceptors (Lipinski definition) is 3. The molecule has 3 rings (SSSR count). The summed E-state index contributed by atoms with van der Waals surface area (Å²) in [6.07, 6.45) is 0.597.